The summed E-state index contributed by atoms with van der Waals surface area (Å²) < 4.78 is 16.7. The van der Waals surface area contributed by atoms with Gasteiger partial charge in [-0.3, -0.25) is 14.4 Å². The Bertz CT molecular complexity index is 1310. The quantitative estimate of drug-likeness (QED) is 0.302. The van der Waals surface area contributed by atoms with E-state index >= 15 is 0 Å². The van der Waals surface area contributed by atoms with Crippen LogP contribution in [0.5, 0.6) is 17.2 Å². The van der Waals surface area contributed by atoms with Gasteiger partial charge >= 0.3 is 0 Å². The van der Waals surface area contributed by atoms with E-state index in [0.29, 0.717) is 6.42 Å². The molecule has 11 nitrogen and oxygen atoms in total. The highest BCUT2D eigenvalue weighted by atomic mass is 16.7. The highest BCUT2D eigenvalue weighted by Crippen LogP contribution is 2.52. The highest BCUT2D eigenvalue weighted by molar-refractivity contribution is 6.31. The first-order valence-electron chi connectivity index (χ1n) is 11.8. The maximum absolute atomic E-state index is 13.6. The van der Waals surface area contributed by atoms with Gasteiger partial charge in [-0.2, -0.15) is 0 Å². The average molecular weight is 514 g/mol. The van der Waals surface area contributed by atoms with Crippen molar-refractivity contribution in [3.05, 3.63) is 51.6 Å². The van der Waals surface area contributed by atoms with Crippen LogP contribution in [0.3, 0.4) is 0 Å². The molecule has 2 aliphatic carbocycles. The summed E-state index contributed by atoms with van der Waals surface area (Å²) in [4.78, 5) is 39.5. The number of aliphatic hydroxyl groups excluding tert-OH is 2. The Labute approximate surface area is 210 Å². The molecule has 37 heavy (non-hydrogen) atoms. The number of phenolic OH excluding ortho intramolecular Hbond substituents is 2. The Morgan fingerprint density at radius 2 is 1.84 bits per heavy atom. The van der Waals surface area contributed by atoms with E-state index in [1.54, 1.807) is 0 Å². The Morgan fingerprint density at radius 1 is 1.11 bits per heavy atom. The van der Waals surface area contributed by atoms with Crippen molar-refractivity contribution in [2.24, 2.45) is 0 Å². The van der Waals surface area contributed by atoms with E-state index in [9.17, 15) is 39.9 Å². The predicted octanol–water partition coefficient (Wildman–Crippen LogP) is 0.676. The van der Waals surface area contributed by atoms with Crippen LogP contribution >= 0.6 is 0 Å². The van der Waals surface area contributed by atoms with E-state index in [0.717, 1.165) is 0 Å². The first-order chi connectivity index (χ1) is 17.6. The standard InChI is InChI=1S/C26H26O11/c1-35-14-4-2-3-12-18(14)24(32)21-20(22(12)30)23(31)13-7-26(34,16(29)9-27)8-15(19(13)25(21)33)37-17-6-5-11(28)10-36-17/h2-4,11,15,17,27-28,31,33-34H,5-10H2,1H3/t11-,15-,17?,26-/m0/s1. The fourth-order valence-electron chi connectivity index (χ4n) is 5.40. The van der Waals surface area contributed by atoms with Gasteiger partial charge in [-0.1, -0.05) is 12.1 Å². The SMILES string of the molecule is COc1cccc2c1C(=O)c1c(O)c3c(c(O)c1C2=O)C[C@@](O)(C(=O)CO)C[C@@H]3OC1CC[C@H](O)CO1. The maximum atomic E-state index is 13.6. The first kappa shape index (κ1) is 25.3. The molecule has 0 spiro atoms. The number of fused-ring (bicyclic) bond motifs is 3. The Morgan fingerprint density at radius 3 is 2.49 bits per heavy atom. The largest absolute Gasteiger partial charge is 0.507 e. The number of carbonyl (C=O) groups excluding carboxylic acids is 3. The van der Waals surface area contributed by atoms with Crippen LogP contribution in [0.4, 0.5) is 0 Å². The zero-order valence-electron chi connectivity index (χ0n) is 19.9. The van der Waals surface area contributed by atoms with Crippen molar-refractivity contribution >= 4 is 17.3 Å². The molecule has 1 heterocycles. The van der Waals surface area contributed by atoms with E-state index < -0.39 is 83.5 Å². The van der Waals surface area contributed by atoms with Crippen LogP contribution in [-0.2, 0) is 20.7 Å². The van der Waals surface area contributed by atoms with Crippen molar-refractivity contribution in [2.75, 3.05) is 20.3 Å². The fourth-order valence-corrected chi connectivity index (χ4v) is 5.40. The second-order valence-electron chi connectivity index (χ2n) is 9.49. The maximum Gasteiger partial charge on any atom is 0.202 e. The summed E-state index contributed by atoms with van der Waals surface area (Å²) in [6, 6.07) is 4.39. The Balaban J connectivity index is 1.69. The van der Waals surface area contributed by atoms with Crippen molar-refractivity contribution in [1.29, 1.82) is 0 Å². The summed E-state index contributed by atoms with van der Waals surface area (Å²) in [5.74, 6) is -3.63. The molecule has 11 heteroatoms. The smallest absolute Gasteiger partial charge is 0.202 e. The van der Waals surface area contributed by atoms with Crippen LogP contribution in [0, 0.1) is 0 Å². The second kappa shape index (κ2) is 9.19. The van der Waals surface area contributed by atoms with Crippen molar-refractivity contribution in [2.45, 2.75) is 49.8 Å². The second-order valence-corrected chi connectivity index (χ2v) is 9.49. The van der Waals surface area contributed by atoms with Gasteiger partial charge in [0.25, 0.3) is 0 Å². The third kappa shape index (κ3) is 3.90. The minimum Gasteiger partial charge on any atom is -0.507 e. The third-order valence-corrected chi connectivity index (χ3v) is 7.26. The lowest BCUT2D eigenvalue weighted by molar-refractivity contribution is -0.219. The number of hydrogen-bond donors (Lipinski definition) is 5. The first-order valence-corrected chi connectivity index (χ1v) is 11.8. The fraction of sp³-hybridized carbons (Fsp3) is 0.423. The van der Waals surface area contributed by atoms with Crippen LogP contribution < -0.4 is 4.74 Å². The molecule has 196 valence electrons. The molecule has 0 bridgehead atoms. The number of ether oxygens (including phenoxy) is 3. The molecule has 0 aromatic heterocycles. The number of carbonyl (C=O) groups is 3. The minimum atomic E-state index is -2.19. The van der Waals surface area contributed by atoms with Crippen LogP contribution in [0.1, 0.15) is 68.3 Å². The molecule has 1 saturated heterocycles. The van der Waals surface area contributed by atoms with Gasteiger partial charge < -0.3 is 39.7 Å². The van der Waals surface area contributed by atoms with Crippen molar-refractivity contribution in [3.63, 3.8) is 0 Å². The van der Waals surface area contributed by atoms with Crippen molar-refractivity contribution in [3.8, 4) is 17.2 Å². The zero-order chi connectivity index (χ0) is 26.6. The van der Waals surface area contributed by atoms with Crippen molar-refractivity contribution < 1.29 is 54.1 Å². The predicted molar refractivity (Wildman–Crippen MR) is 124 cm³/mol. The number of methoxy groups -OCH3 is 1. The number of Topliss-reactive ketones (excluding diaryl/α,β-unsaturated/α-hetero) is 1. The highest BCUT2D eigenvalue weighted by Gasteiger charge is 2.49. The molecular formula is C26H26O11. The van der Waals surface area contributed by atoms with Gasteiger partial charge in [0, 0.05) is 36.0 Å². The number of phenols is 2. The van der Waals surface area contributed by atoms with E-state index in [2.05, 4.69) is 0 Å². The topological polar surface area (TPSA) is 180 Å². The van der Waals surface area contributed by atoms with Crippen LogP contribution in [0.2, 0.25) is 0 Å². The summed E-state index contributed by atoms with van der Waals surface area (Å²) in [5, 5.41) is 53.0. The minimum absolute atomic E-state index is 0.0188. The van der Waals surface area contributed by atoms with Crippen LogP contribution in [0.25, 0.3) is 0 Å². The van der Waals surface area contributed by atoms with Gasteiger partial charge in [0.2, 0.25) is 5.78 Å². The van der Waals surface area contributed by atoms with Gasteiger partial charge in [0.15, 0.2) is 17.9 Å². The molecule has 2 aromatic carbocycles. The summed E-state index contributed by atoms with van der Waals surface area (Å²) >= 11 is 0. The van der Waals surface area contributed by atoms with Gasteiger partial charge in [0.1, 0.15) is 29.5 Å². The van der Waals surface area contributed by atoms with Crippen LogP contribution in [-0.4, -0.2) is 81.2 Å². The molecule has 2 aromatic rings. The van der Waals surface area contributed by atoms with E-state index in [4.69, 9.17) is 14.2 Å². The molecular weight excluding hydrogens is 488 g/mol. The molecule has 0 amide bonds. The van der Waals surface area contributed by atoms with E-state index in [1.165, 1.54) is 25.3 Å². The molecule has 1 aliphatic heterocycles. The molecule has 0 saturated carbocycles. The van der Waals surface area contributed by atoms with Gasteiger partial charge in [-0.25, -0.2) is 0 Å². The monoisotopic (exact) mass is 514 g/mol. The number of aromatic hydroxyl groups is 2. The lowest BCUT2D eigenvalue weighted by Gasteiger charge is -2.40. The molecule has 0 radical (unpaired) electrons. The normalized spacial score (nSPS) is 26.8. The average Bonchev–Trinajstić information content (AvgIpc) is 2.89. The van der Waals surface area contributed by atoms with E-state index in [-0.39, 0.29) is 41.0 Å². The summed E-state index contributed by atoms with van der Waals surface area (Å²) in [6.45, 7) is -1.01. The van der Waals surface area contributed by atoms with Crippen molar-refractivity contribution in [1.82, 2.24) is 0 Å². The zero-order valence-corrected chi connectivity index (χ0v) is 19.9. The van der Waals surface area contributed by atoms with Gasteiger partial charge in [-0.15, -0.1) is 0 Å². The molecule has 1 fully saturated rings. The lowest BCUT2D eigenvalue weighted by Crippen LogP contribution is -2.48. The summed E-state index contributed by atoms with van der Waals surface area (Å²) in [6.07, 6.45) is -3.17. The summed E-state index contributed by atoms with van der Waals surface area (Å²) in [5.41, 5.74) is -3.42. The number of ketones is 3. The number of benzene rings is 2. The molecule has 3 aliphatic rings. The summed E-state index contributed by atoms with van der Waals surface area (Å²) in [7, 11) is 1.33. The molecule has 1 unspecified atom stereocenters. The van der Waals surface area contributed by atoms with Gasteiger partial charge in [0.05, 0.1) is 42.6 Å². The molecule has 5 N–H and O–H groups in total. The molecule has 4 atom stereocenters. The number of aliphatic hydroxyl groups is 3. The number of hydrogen-bond acceptors (Lipinski definition) is 11. The van der Waals surface area contributed by atoms with Gasteiger partial charge in [-0.05, 0) is 12.5 Å². The van der Waals surface area contributed by atoms with Crippen LogP contribution in [0.15, 0.2) is 18.2 Å². The third-order valence-electron chi connectivity index (χ3n) is 7.26. The lowest BCUT2D eigenvalue weighted by atomic mass is 9.72. The molecule has 5 rings (SSSR count). The Hall–Kier alpha value is -3.35. The number of rotatable bonds is 5. The Kier molecular flexibility index (Phi) is 6.29. The van der Waals surface area contributed by atoms with E-state index in [1.807, 2.05) is 0 Å².